The molecule has 0 radical (unpaired) electrons. The molecule has 0 saturated carbocycles. The second kappa shape index (κ2) is 3.10. The molecule has 1 aliphatic rings. The summed E-state index contributed by atoms with van der Waals surface area (Å²) in [6.45, 7) is 1.85. The summed E-state index contributed by atoms with van der Waals surface area (Å²) in [6.07, 6.45) is 3.73. The third-order valence-electron chi connectivity index (χ3n) is 2.42. The number of nitrogens with one attached hydrogen (secondary N) is 1. The maximum atomic E-state index is 13.4. The molecule has 1 aromatic rings. The highest BCUT2D eigenvalue weighted by Crippen LogP contribution is 2.30. The largest absolute Gasteiger partial charge is 0.356 e. The first-order chi connectivity index (χ1) is 6.64. The highest BCUT2D eigenvalue weighted by Gasteiger charge is 2.25. The third kappa shape index (κ3) is 1.40. The van der Waals surface area contributed by atoms with Crippen LogP contribution in [0.3, 0.4) is 0 Å². The van der Waals surface area contributed by atoms with Crippen LogP contribution in [0.15, 0.2) is 24.3 Å². The van der Waals surface area contributed by atoms with Gasteiger partial charge in [0, 0.05) is 12.7 Å². The molecule has 0 fully saturated rings. The quantitative estimate of drug-likeness (QED) is 0.740. The van der Waals surface area contributed by atoms with Crippen LogP contribution in [0.25, 0.3) is 6.08 Å². The number of benzene rings is 1. The zero-order valence-electron chi connectivity index (χ0n) is 8.17. The number of ether oxygens (including phenoxy) is 1. The van der Waals surface area contributed by atoms with E-state index in [1.165, 1.54) is 6.07 Å². The molecule has 0 aromatic heterocycles. The molecule has 74 valence electrons. The van der Waals surface area contributed by atoms with Crippen LogP contribution in [-0.4, -0.2) is 12.8 Å². The number of hydrogen-bond acceptors (Lipinski definition) is 2. The molecule has 1 N–H and O–H groups in total. The summed E-state index contributed by atoms with van der Waals surface area (Å²) < 4.78 is 18.6. The number of halogens is 1. The normalized spacial score (nSPS) is 24.2. The fourth-order valence-corrected chi connectivity index (χ4v) is 1.47. The molecule has 0 amide bonds. The molecule has 1 unspecified atom stereocenters. The zero-order chi connectivity index (χ0) is 10.2. The maximum Gasteiger partial charge on any atom is 0.155 e. The van der Waals surface area contributed by atoms with Crippen LogP contribution in [0.5, 0.6) is 0 Å². The van der Waals surface area contributed by atoms with Gasteiger partial charge in [-0.2, -0.15) is 0 Å². The highest BCUT2D eigenvalue weighted by molar-refractivity contribution is 5.72. The molecule has 0 aliphatic carbocycles. The molecule has 0 bridgehead atoms. The van der Waals surface area contributed by atoms with E-state index in [-0.39, 0.29) is 5.82 Å². The van der Waals surface area contributed by atoms with Gasteiger partial charge in [0.1, 0.15) is 5.82 Å². The van der Waals surface area contributed by atoms with Gasteiger partial charge in [-0.1, -0.05) is 18.2 Å². The van der Waals surface area contributed by atoms with E-state index < -0.39 is 5.72 Å². The fraction of sp³-hybridized carbons (Fsp3) is 0.273. The van der Waals surface area contributed by atoms with Crippen molar-refractivity contribution in [2.45, 2.75) is 12.6 Å². The smallest absolute Gasteiger partial charge is 0.155 e. The van der Waals surface area contributed by atoms with Gasteiger partial charge in [0.2, 0.25) is 0 Å². The van der Waals surface area contributed by atoms with E-state index >= 15 is 0 Å². The third-order valence-corrected chi connectivity index (χ3v) is 2.42. The van der Waals surface area contributed by atoms with Gasteiger partial charge in [-0.15, -0.1) is 0 Å². The van der Waals surface area contributed by atoms with Crippen molar-refractivity contribution in [1.82, 2.24) is 0 Å². The van der Waals surface area contributed by atoms with Crippen LogP contribution in [0.2, 0.25) is 0 Å². The van der Waals surface area contributed by atoms with Gasteiger partial charge in [0.15, 0.2) is 5.72 Å². The number of rotatable bonds is 1. The van der Waals surface area contributed by atoms with Crippen molar-refractivity contribution in [2.24, 2.45) is 0 Å². The summed E-state index contributed by atoms with van der Waals surface area (Å²) in [7, 11) is 1.59. The molecule has 2 rings (SSSR count). The summed E-state index contributed by atoms with van der Waals surface area (Å²) in [6, 6.07) is 4.98. The van der Waals surface area contributed by atoms with Crippen LogP contribution in [0.4, 0.5) is 10.1 Å². The molecule has 2 nitrogen and oxygen atoms in total. The van der Waals surface area contributed by atoms with Gasteiger partial charge in [0.25, 0.3) is 0 Å². The van der Waals surface area contributed by atoms with Crippen molar-refractivity contribution in [3.63, 3.8) is 0 Å². The van der Waals surface area contributed by atoms with Gasteiger partial charge in [-0.05, 0) is 19.1 Å². The summed E-state index contributed by atoms with van der Waals surface area (Å²) in [5.74, 6) is -0.255. The standard InChI is InChI=1S/C11H12FNO/c1-11(14-2)7-6-8-4-3-5-9(12)10(8)13-11/h3-7,13H,1-2H3. The van der Waals surface area contributed by atoms with E-state index in [2.05, 4.69) is 5.32 Å². The lowest BCUT2D eigenvalue weighted by Crippen LogP contribution is -2.36. The minimum atomic E-state index is -0.616. The monoisotopic (exact) mass is 193 g/mol. The summed E-state index contributed by atoms with van der Waals surface area (Å²) in [4.78, 5) is 0. The molecule has 1 heterocycles. The molecule has 1 aromatic carbocycles. The Morgan fingerprint density at radius 1 is 1.43 bits per heavy atom. The lowest BCUT2D eigenvalue weighted by atomic mass is 10.0. The zero-order valence-corrected chi connectivity index (χ0v) is 8.17. The van der Waals surface area contributed by atoms with E-state index in [9.17, 15) is 4.39 Å². The molecular weight excluding hydrogens is 181 g/mol. The maximum absolute atomic E-state index is 13.4. The Hall–Kier alpha value is -1.35. The minimum Gasteiger partial charge on any atom is -0.356 e. The van der Waals surface area contributed by atoms with E-state index in [4.69, 9.17) is 4.74 Å². The van der Waals surface area contributed by atoms with Crippen molar-refractivity contribution >= 4 is 11.8 Å². The summed E-state index contributed by atoms with van der Waals surface area (Å²) in [5.41, 5.74) is 0.730. The van der Waals surface area contributed by atoms with Crippen molar-refractivity contribution in [3.05, 3.63) is 35.7 Å². The first-order valence-corrected chi connectivity index (χ1v) is 4.46. The average Bonchev–Trinajstić information content (AvgIpc) is 2.20. The predicted octanol–water partition coefficient (Wildman–Crippen LogP) is 2.63. The van der Waals surface area contributed by atoms with Crippen LogP contribution in [0.1, 0.15) is 12.5 Å². The Balaban J connectivity index is 2.47. The van der Waals surface area contributed by atoms with Gasteiger partial charge >= 0.3 is 0 Å². The second-order valence-corrected chi connectivity index (χ2v) is 3.47. The molecule has 3 heteroatoms. The van der Waals surface area contributed by atoms with Crippen molar-refractivity contribution in [2.75, 3.05) is 12.4 Å². The highest BCUT2D eigenvalue weighted by atomic mass is 19.1. The second-order valence-electron chi connectivity index (χ2n) is 3.47. The molecule has 14 heavy (non-hydrogen) atoms. The first-order valence-electron chi connectivity index (χ1n) is 4.46. The fourth-order valence-electron chi connectivity index (χ4n) is 1.47. The average molecular weight is 193 g/mol. The van der Waals surface area contributed by atoms with E-state index in [0.29, 0.717) is 5.69 Å². The van der Waals surface area contributed by atoms with Gasteiger partial charge in [-0.3, -0.25) is 0 Å². The van der Waals surface area contributed by atoms with E-state index in [1.54, 1.807) is 13.2 Å². The van der Waals surface area contributed by atoms with Gasteiger partial charge in [-0.25, -0.2) is 4.39 Å². The Labute approximate surface area is 82.4 Å². The SMILES string of the molecule is COC1(C)C=Cc2cccc(F)c2N1. The molecular formula is C11H12FNO. The van der Waals surface area contributed by atoms with Crippen LogP contribution in [-0.2, 0) is 4.74 Å². The topological polar surface area (TPSA) is 21.3 Å². The number of para-hydroxylation sites is 1. The van der Waals surface area contributed by atoms with E-state index in [0.717, 1.165) is 5.56 Å². The Bertz CT molecular complexity index is 389. The van der Waals surface area contributed by atoms with Gasteiger partial charge < -0.3 is 10.1 Å². The number of fused-ring (bicyclic) bond motifs is 1. The molecule has 1 atom stereocenters. The first kappa shape index (κ1) is 9.21. The Kier molecular flexibility index (Phi) is 2.04. The Morgan fingerprint density at radius 2 is 2.21 bits per heavy atom. The lowest BCUT2D eigenvalue weighted by molar-refractivity contribution is 0.0732. The summed E-state index contributed by atoms with van der Waals surface area (Å²) in [5, 5.41) is 3.01. The number of anilines is 1. The number of methoxy groups -OCH3 is 1. The van der Waals surface area contributed by atoms with Gasteiger partial charge in [0.05, 0.1) is 5.69 Å². The molecule has 0 saturated heterocycles. The van der Waals surface area contributed by atoms with Crippen molar-refractivity contribution < 1.29 is 9.13 Å². The summed E-state index contributed by atoms with van der Waals surface area (Å²) >= 11 is 0. The lowest BCUT2D eigenvalue weighted by Gasteiger charge is -2.31. The minimum absolute atomic E-state index is 0.255. The predicted molar refractivity (Wildman–Crippen MR) is 54.5 cm³/mol. The van der Waals surface area contributed by atoms with Crippen LogP contribution in [0, 0.1) is 5.82 Å². The number of hydrogen-bond donors (Lipinski definition) is 1. The van der Waals surface area contributed by atoms with Crippen molar-refractivity contribution in [1.29, 1.82) is 0 Å². The Morgan fingerprint density at radius 3 is 2.93 bits per heavy atom. The van der Waals surface area contributed by atoms with Crippen LogP contribution >= 0.6 is 0 Å². The molecule has 0 spiro atoms. The van der Waals surface area contributed by atoms with Crippen molar-refractivity contribution in [3.8, 4) is 0 Å². The van der Waals surface area contributed by atoms with E-state index in [1.807, 2.05) is 25.1 Å². The van der Waals surface area contributed by atoms with Crippen LogP contribution < -0.4 is 5.32 Å². The molecule has 1 aliphatic heterocycles.